The lowest BCUT2D eigenvalue weighted by molar-refractivity contribution is -0.230. The van der Waals surface area contributed by atoms with E-state index in [4.69, 9.17) is 76.2 Å². The zero-order chi connectivity index (χ0) is 43.3. The van der Waals surface area contributed by atoms with Crippen molar-refractivity contribution in [1.82, 2.24) is 0 Å². The molecule has 0 amide bonds. The molecule has 7 rings (SSSR count). The maximum atomic E-state index is 11.0. The van der Waals surface area contributed by atoms with Gasteiger partial charge in [-0.2, -0.15) is 0 Å². The van der Waals surface area contributed by atoms with Crippen LogP contribution in [0.4, 0.5) is 0 Å². The van der Waals surface area contributed by atoms with Gasteiger partial charge in [0.2, 0.25) is 6.29 Å². The van der Waals surface area contributed by atoms with Gasteiger partial charge in [0.15, 0.2) is 42.3 Å². The van der Waals surface area contributed by atoms with Crippen LogP contribution in [0, 0.1) is 5.92 Å². The summed E-state index contributed by atoms with van der Waals surface area (Å²) in [6.07, 6.45) is -0.520. The second-order valence-electron chi connectivity index (χ2n) is 16.5. The monoisotopic (exact) mass is 838 g/mol. The number of rotatable bonds is 9. The van der Waals surface area contributed by atoms with Gasteiger partial charge in [-0.05, 0) is 60.8 Å². The van der Waals surface area contributed by atoms with E-state index in [-0.39, 0.29) is 86.1 Å². The number of ether oxygens (including phenoxy) is 15. The number of hydrogen-bond acceptors (Lipinski definition) is 18. The van der Waals surface area contributed by atoms with Crippen LogP contribution in [0.15, 0.2) is 0 Å². The number of methoxy groups -OCH3 is 3. The first kappa shape index (κ1) is 49.0. The van der Waals surface area contributed by atoms with E-state index >= 15 is 0 Å². The molecule has 0 spiro atoms. The molecule has 0 aromatic carbocycles. The highest BCUT2D eigenvalue weighted by Crippen LogP contribution is 2.42. The van der Waals surface area contributed by atoms with Gasteiger partial charge in [-0.1, -0.05) is 27.7 Å². The first-order chi connectivity index (χ1) is 27.2. The second-order valence-corrected chi connectivity index (χ2v) is 16.5. The van der Waals surface area contributed by atoms with Crippen molar-refractivity contribution in [2.75, 3.05) is 27.9 Å². The Morgan fingerprint density at radius 2 is 0.810 bits per heavy atom. The van der Waals surface area contributed by atoms with Gasteiger partial charge in [-0.25, -0.2) is 0 Å². The highest BCUT2D eigenvalue weighted by atomic mass is 16.8. The maximum absolute atomic E-state index is 11.0. The number of esters is 2. The average Bonchev–Trinajstić information content (AvgIpc) is 3.99. The standard InChI is InChI=1S/C11H18O5.2C10H18O4.C9H16O5/c1-5-9-6(2)10(14-7(3)12)11(16-9)15-8(4)13;2*1-5-6-7-8(9(11-4)12-6)14-10(2,3)13-7;1-9(2)13-6-5(4-10)12-8(11-3)7(6)14-9/h6,9-11H,5H2,1-4H3;2*6-9H,5H2,1-4H3;5-8,10H,4H2,1-3H3/t6-,9-,10-,11?;2*6-,7-,8-,9?;5-,6-,7-,8?/m1111/s1. The van der Waals surface area contributed by atoms with Crippen LogP contribution in [0.1, 0.15) is 102 Å². The summed E-state index contributed by atoms with van der Waals surface area (Å²) < 4.78 is 82.2. The van der Waals surface area contributed by atoms with Gasteiger partial charge in [-0.3, -0.25) is 9.59 Å². The zero-order valence-corrected chi connectivity index (χ0v) is 37.0. The predicted octanol–water partition coefficient (Wildman–Crippen LogP) is 3.70. The van der Waals surface area contributed by atoms with Crippen LogP contribution in [0.5, 0.6) is 0 Å². The summed E-state index contributed by atoms with van der Waals surface area (Å²) in [5.41, 5.74) is 0. The van der Waals surface area contributed by atoms with Gasteiger partial charge in [0, 0.05) is 41.1 Å². The SMILES string of the molecule is CC[C@H]1OC(OC(C)=O)[C@H](OC(C)=O)[C@@H]1C.CC[C@H]1OC(OC)[C@@H]2OC(C)(C)O[C@H]12.CC[C@H]1OC(OC)[C@@H]2OC(C)(C)O[C@H]12.COC1O[C@H](CO)[C@H]2OC(C)(C)O[C@@H]12. The van der Waals surface area contributed by atoms with Gasteiger partial charge < -0.3 is 76.2 Å². The van der Waals surface area contributed by atoms with E-state index in [9.17, 15) is 9.59 Å². The highest BCUT2D eigenvalue weighted by molar-refractivity contribution is 5.67. The van der Waals surface area contributed by atoms with Crippen LogP contribution >= 0.6 is 0 Å². The third-order valence-electron chi connectivity index (χ3n) is 10.7. The molecular weight excluding hydrogens is 768 g/mol. The Labute approximate surface area is 343 Å². The Hall–Kier alpha value is -1.62. The van der Waals surface area contributed by atoms with Crippen LogP contribution in [-0.4, -0.2) is 155 Å². The fourth-order valence-electron chi connectivity index (χ4n) is 8.21. The molecule has 0 aliphatic carbocycles. The highest BCUT2D eigenvalue weighted by Gasteiger charge is 2.57. The number of carbonyl (C=O) groups is 2. The molecule has 7 saturated heterocycles. The Bertz CT molecular complexity index is 1140. The van der Waals surface area contributed by atoms with E-state index in [1.807, 2.05) is 55.4 Å². The van der Waals surface area contributed by atoms with Crippen molar-refractivity contribution in [2.24, 2.45) is 5.92 Å². The van der Waals surface area contributed by atoms with Gasteiger partial charge in [0.1, 0.15) is 42.7 Å². The quantitative estimate of drug-likeness (QED) is 0.330. The Balaban J connectivity index is 0.000000171. The molecule has 0 aromatic heterocycles. The molecule has 18 nitrogen and oxygen atoms in total. The normalized spacial score (nSPS) is 42.1. The van der Waals surface area contributed by atoms with Gasteiger partial charge in [-0.15, -0.1) is 0 Å². The molecule has 0 radical (unpaired) electrons. The van der Waals surface area contributed by atoms with Crippen LogP contribution in [0.2, 0.25) is 0 Å². The fourth-order valence-corrected chi connectivity index (χ4v) is 8.21. The minimum Gasteiger partial charge on any atom is -0.455 e. The lowest BCUT2D eigenvalue weighted by atomic mass is 9.99. The lowest BCUT2D eigenvalue weighted by Gasteiger charge is -2.22. The number of hydrogen-bond donors (Lipinski definition) is 1. The van der Waals surface area contributed by atoms with E-state index in [1.165, 1.54) is 13.8 Å². The first-order valence-electron chi connectivity index (χ1n) is 20.4. The number of aliphatic hydroxyl groups is 1. The summed E-state index contributed by atoms with van der Waals surface area (Å²) >= 11 is 0. The van der Waals surface area contributed by atoms with Gasteiger partial charge in [0.05, 0.1) is 24.9 Å². The summed E-state index contributed by atoms with van der Waals surface area (Å²) in [4.78, 5) is 21.8. The van der Waals surface area contributed by atoms with Crippen LogP contribution in [0.25, 0.3) is 0 Å². The Morgan fingerprint density at radius 3 is 1.12 bits per heavy atom. The lowest BCUT2D eigenvalue weighted by Crippen LogP contribution is -2.33. The minimum absolute atomic E-state index is 0.0138. The third-order valence-corrected chi connectivity index (χ3v) is 10.7. The fraction of sp³-hybridized carbons (Fsp3) is 0.950. The van der Waals surface area contributed by atoms with Crippen molar-refractivity contribution < 1.29 is 85.7 Å². The molecule has 4 unspecified atom stereocenters. The first-order valence-corrected chi connectivity index (χ1v) is 20.4. The van der Waals surface area contributed by atoms with Crippen molar-refractivity contribution in [3.05, 3.63) is 0 Å². The molecule has 0 bridgehead atoms. The van der Waals surface area contributed by atoms with Crippen LogP contribution < -0.4 is 0 Å². The van der Waals surface area contributed by atoms with E-state index in [1.54, 1.807) is 21.3 Å². The molecule has 0 saturated carbocycles. The molecule has 7 aliphatic heterocycles. The topological polar surface area (TPSA) is 193 Å². The molecule has 0 aromatic rings. The molecule has 16 atom stereocenters. The largest absolute Gasteiger partial charge is 0.455 e. The summed E-state index contributed by atoms with van der Waals surface area (Å²) in [6, 6.07) is 0. The molecular formula is C40H70O18. The van der Waals surface area contributed by atoms with Crippen LogP contribution in [-0.2, 0) is 80.6 Å². The van der Waals surface area contributed by atoms with Crippen molar-refractivity contribution >= 4 is 11.9 Å². The van der Waals surface area contributed by atoms with E-state index in [0.717, 1.165) is 19.3 Å². The van der Waals surface area contributed by atoms with Crippen molar-refractivity contribution in [3.63, 3.8) is 0 Å². The Morgan fingerprint density at radius 1 is 0.500 bits per heavy atom. The summed E-state index contributed by atoms with van der Waals surface area (Å²) in [7, 11) is 4.82. The summed E-state index contributed by atoms with van der Waals surface area (Å²) in [5.74, 6) is -2.45. The molecule has 338 valence electrons. The van der Waals surface area contributed by atoms with Crippen molar-refractivity contribution in [2.45, 2.75) is 212 Å². The molecule has 1 N–H and O–H groups in total. The molecule has 7 aliphatic rings. The zero-order valence-electron chi connectivity index (χ0n) is 37.0. The van der Waals surface area contributed by atoms with E-state index in [2.05, 4.69) is 13.8 Å². The van der Waals surface area contributed by atoms with E-state index in [0.29, 0.717) is 0 Å². The van der Waals surface area contributed by atoms with Crippen molar-refractivity contribution in [3.8, 4) is 0 Å². The smallest absolute Gasteiger partial charge is 0.305 e. The molecule has 7 fully saturated rings. The summed E-state index contributed by atoms with van der Waals surface area (Å²) in [6.45, 7) is 22.0. The maximum Gasteiger partial charge on any atom is 0.305 e. The number of aliphatic hydroxyl groups excluding tert-OH is 1. The number of carbonyl (C=O) groups excluding carboxylic acids is 2. The molecule has 58 heavy (non-hydrogen) atoms. The van der Waals surface area contributed by atoms with Crippen molar-refractivity contribution in [1.29, 1.82) is 0 Å². The predicted molar refractivity (Wildman–Crippen MR) is 202 cm³/mol. The third kappa shape index (κ3) is 11.8. The average molecular weight is 839 g/mol. The van der Waals surface area contributed by atoms with E-state index < -0.39 is 48.0 Å². The minimum atomic E-state index is -0.777. The van der Waals surface area contributed by atoms with Gasteiger partial charge >= 0.3 is 11.9 Å². The molecule has 7 heterocycles. The molecule has 18 heteroatoms. The number of fused-ring (bicyclic) bond motifs is 3. The van der Waals surface area contributed by atoms with Crippen LogP contribution in [0.3, 0.4) is 0 Å². The second kappa shape index (κ2) is 20.5. The van der Waals surface area contributed by atoms with Gasteiger partial charge in [0.25, 0.3) is 0 Å². The Kier molecular flexibility index (Phi) is 17.3. The summed E-state index contributed by atoms with van der Waals surface area (Å²) in [5, 5.41) is 9.08.